The maximum absolute atomic E-state index is 12.7. The van der Waals surface area contributed by atoms with E-state index in [4.69, 9.17) is 4.74 Å². The summed E-state index contributed by atoms with van der Waals surface area (Å²) in [5.74, 6) is -0.0689. The van der Waals surface area contributed by atoms with Gasteiger partial charge in [-0.2, -0.15) is 8.78 Å². The van der Waals surface area contributed by atoms with Crippen molar-refractivity contribution in [2.45, 2.75) is 58.3 Å². The van der Waals surface area contributed by atoms with Crippen LogP contribution < -0.4 is 10.1 Å². The number of nitrogens with one attached hydrogen (secondary N) is 1. The third kappa shape index (κ3) is 7.20. The molecular weight excluding hydrogens is 432 g/mol. The monoisotopic (exact) mass is 463 g/mol. The molecule has 0 bridgehead atoms. The number of hydrogen-bond acceptors (Lipinski definition) is 4. The van der Waals surface area contributed by atoms with Crippen LogP contribution in [0.5, 0.6) is 5.75 Å². The first-order valence-corrected chi connectivity index (χ1v) is 11.1. The summed E-state index contributed by atoms with van der Waals surface area (Å²) in [4.78, 5) is 26.7. The maximum atomic E-state index is 12.7. The van der Waals surface area contributed by atoms with Gasteiger partial charge in [-0.1, -0.05) is 12.1 Å². The number of halogens is 2. The average molecular weight is 464 g/mol. The molecule has 1 aromatic heterocycles. The molecule has 3 rings (SSSR count). The number of nitrogens with zero attached hydrogens (tertiary/aromatic N) is 2. The normalized spacial score (nSPS) is 14.9. The fourth-order valence-electron chi connectivity index (χ4n) is 3.81. The molecule has 0 atom stereocenters. The van der Waals surface area contributed by atoms with Gasteiger partial charge in [0.25, 0.3) is 5.91 Å². The molecule has 180 valence electrons. The molecule has 1 saturated heterocycles. The fraction of sp³-hybridized carbons (Fsp3) is 0.500. The fourth-order valence-corrected chi connectivity index (χ4v) is 3.81. The van der Waals surface area contributed by atoms with Gasteiger partial charge in [0, 0.05) is 31.9 Å². The molecule has 0 unspecified atom stereocenters. The molecule has 1 N–H and O–H groups in total. The van der Waals surface area contributed by atoms with Crippen molar-refractivity contribution in [3.8, 4) is 5.75 Å². The van der Waals surface area contributed by atoms with Crippen LogP contribution in [0.2, 0.25) is 0 Å². The number of alkyl halides is 2. The topological polar surface area (TPSA) is 72.8 Å². The summed E-state index contributed by atoms with van der Waals surface area (Å²) in [5, 5.41) is 2.92. The van der Waals surface area contributed by atoms with Crippen LogP contribution in [-0.2, 0) is 11.2 Å². The van der Waals surface area contributed by atoms with Crippen molar-refractivity contribution >= 4 is 12.0 Å². The highest BCUT2D eigenvalue weighted by molar-refractivity contribution is 5.92. The van der Waals surface area contributed by atoms with Crippen LogP contribution in [0.15, 0.2) is 42.6 Å². The summed E-state index contributed by atoms with van der Waals surface area (Å²) in [6, 6.07) is 10.1. The van der Waals surface area contributed by atoms with Gasteiger partial charge in [-0.05, 0) is 69.9 Å². The van der Waals surface area contributed by atoms with Crippen LogP contribution in [0.3, 0.4) is 0 Å². The lowest BCUT2D eigenvalue weighted by molar-refractivity contribution is -0.0498. The first kappa shape index (κ1) is 24.5. The van der Waals surface area contributed by atoms with E-state index in [1.54, 1.807) is 23.1 Å². The number of rotatable bonds is 7. The quantitative estimate of drug-likeness (QED) is 0.650. The second-order valence-corrected chi connectivity index (χ2v) is 9.03. The van der Waals surface area contributed by atoms with Gasteiger partial charge in [0.1, 0.15) is 17.0 Å². The third-order valence-electron chi connectivity index (χ3n) is 5.37. The Bertz CT molecular complexity index is 930. The van der Waals surface area contributed by atoms with Crippen LogP contribution in [0.25, 0.3) is 0 Å². The van der Waals surface area contributed by atoms with E-state index in [0.29, 0.717) is 31.7 Å². The number of carbonyl (C=O) groups is 2. The van der Waals surface area contributed by atoms with Crippen molar-refractivity contribution in [1.82, 2.24) is 14.8 Å². The van der Waals surface area contributed by atoms with Crippen LogP contribution in [0.1, 0.15) is 55.7 Å². The van der Waals surface area contributed by atoms with E-state index < -0.39 is 12.2 Å². The van der Waals surface area contributed by atoms with Gasteiger partial charge in [-0.15, -0.1) is 0 Å². The number of amides is 2. The van der Waals surface area contributed by atoms with Crippen molar-refractivity contribution in [1.29, 1.82) is 0 Å². The second-order valence-electron chi connectivity index (χ2n) is 9.03. The van der Waals surface area contributed by atoms with Gasteiger partial charge in [-0.25, -0.2) is 4.79 Å². The zero-order valence-electron chi connectivity index (χ0n) is 19.2. The number of piperidine rings is 1. The van der Waals surface area contributed by atoms with E-state index in [-0.39, 0.29) is 23.8 Å². The average Bonchev–Trinajstić information content (AvgIpc) is 3.23. The summed E-state index contributed by atoms with van der Waals surface area (Å²) < 4.78 is 36.2. The van der Waals surface area contributed by atoms with Gasteiger partial charge in [0.2, 0.25) is 0 Å². The molecule has 0 spiro atoms. The molecule has 0 saturated carbocycles. The molecule has 1 fully saturated rings. The Balaban J connectivity index is 1.49. The molecule has 7 nitrogen and oxygen atoms in total. The van der Waals surface area contributed by atoms with Gasteiger partial charge >= 0.3 is 12.7 Å². The van der Waals surface area contributed by atoms with Crippen molar-refractivity contribution in [2.24, 2.45) is 0 Å². The van der Waals surface area contributed by atoms with Crippen LogP contribution >= 0.6 is 0 Å². The maximum Gasteiger partial charge on any atom is 0.410 e. The van der Waals surface area contributed by atoms with Crippen molar-refractivity contribution in [3.05, 3.63) is 53.9 Å². The highest BCUT2D eigenvalue weighted by atomic mass is 19.3. The molecule has 33 heavy (non-hydrogen) atoms. The Morgan fingerprint density at radius 3 is 2.39 bits per heavy atom. The lowest BCUT2D eigenvalue weighted by Gasteiger charge is -2.34. The smallest absolute Gasteiger partial charge is 0.410 e. The summed E-state index contributed by atoms with van der Waals surface area (Å²) in [6.07, 6.45) is 3.63. The third-order valence-corrected chi connectivity index (χ3v) is 5.37. The number of benzene rings is 1. The molecular formula is C24H31F2N3O4. The number of hydrogen-bond donors (Lipinski definition) is 1. The summed E-state index contributed by atoms with van der Waals surface area (Å²) in [6.45, 7) is 4.25. The van der Waals surface area contributed by atoms with Crippen LogP contribution in [0, 0.1) is 0 Å². The Hall–Kier alpha value is -3.10. The second kappa shape index (κ2) is 10.7. The van der Waals surface area contributed by atoms with Crippen molar-refractivity contribution < 1.29 is 27.8 Å². The minimum absolute atomic E-state index is 0.105. The van der Waals surface area contributed by atoms with E-state index in [9.17, 15) is 18.4 Å². The number of carbonyl (C=O) groups excluding carboxylic acids is 2. The summed E-state index contributed by atoms with van der Waals surface area (Å²) in [5.41, 5.74) is 0.953. The highest BCUT2D eigenvalue weighted by Crippen LogP contribution is 2.26. The van der Waals surface area contributed by atoms with Gasteiger partial charge in [0.05, 0.1) is 0 Å². The molecule has 0 aliphatic carbocycles. The minimum Gasteiger partial charge on any atom is -0.444 e. The predicted octanol–water partition coefficient (Wildman–Crippen LogP) is 4.63. The summed E-state index contributed by atoms with van der Waals surface area (Å²) in [7, 11) is 0. The van der Waals surface area contributed by atoms with Crippen molar-refractivity contribution in [3.63, 3.8) is 0 Å². The molecule has 1 aromatic carbocycles. The number of likely N-dealkylation sites (tertiary alicyclic amines) is 1. The first-order valence-electron chi connectivity index (χ1n) is 11.1. The van der Waals surface area contributed by atoms with E-state index in [1.165, 1.54) is 12.1 Å². The minimum atomic E-state index is -2.85. The number of ether oxygens (including phenoxy) is 2. The van der Waals surface area contributed by atoms with Gasteiger partial charge in [-0.3, -0.25) is 4.79 Å². The van der Waals surface area contributed by atoms with Crippen LogP contribution in [-0.4, -0.2) is 53.3 Å². The molecule has 1 aliphatic heterocycles. The first-order chi connectivity index (χ1) is 15.6. The lowest BCUT2D eigenvalue weighted by atomic mass is 10.0. The zero-order chi connectivity index (χ0) is 24.0. The largest absolute Gasteiger partial charge is 0.444 e. The van der Waals surface area contributed by atoms with E-state index >= 15 is 0 Å². The molecule has 9 heteroatoms. The Labute approximate surface area is 192 Å². The number of aromatic nitrogens is 1. The Morgan fingerprint density at radius 1 is 1.12 bits per heavy atom. The van der Waals surface area contributed by atoms with E-state index in [2.05, 4.69) is 10.1 Å². The summed E-state index contributed by atoms with van der Waals surface area (Å²) >= 11 is 0. The molecule has 2 amide bonds. The van der Waals surface area contributed by atoms with Gasteiger partial charge in [0.15, 0.2) is 0 Å². The molecule has 2 aromatic rings. The van der Waals surface area contributed by atoms with Crippen LogP contribution in [0.4, 0.5) is 13.6 Å². The lowest BCUT2D eigenvalue weighted by Crippen LogP contribution is -2.42. The van der Waals surface area contributed by atoms with Crippen molar-refractivity contribution in [2.75, 3.05) is 19.6 Å². The van der Waals surface area contributed by atoms with Gasteiger partial charge < -0.3 is 24.3 Å². The Morgan fingerprint density at radius 2 is 1.79 bits per heavy atom. The SMILES string of the molecule is CC(C)(C)OC(=O)N1CCC(n2cccc2C(=O)NCCc2ccc(OC(F)F)cc2)CC1. The Kier molecular flexibility index (Phi) is 7.94. The highest BCUT2D eigenvalue weighted by Gasteiger charge is 2.28. The van der Waals surface area contributed by atoms with E-state index in [1.807, 2.05) is 37.6 Å². The molecule has 2 heterocycles. The molecule has 0 radical (unpaired) electrons. The molecule has 1 aliphatic rings. The predicted molar refractivity (Wildman–Crippen MR) is 120 cm³/mol. The van der Waals surface area contributed by atoms with E-state index in [0.717, 1.165) is 18.4 Å². The standard InChI is InChI=1S/C24H31F2N3O4/c1-24(2,3)33-23(31)28-15-11-18(12-16-28)29-14-4-5-20(29)21(30)27-13-10-17-6-8-19(9-7-17)32-22(25)26/h4-9,14,18,22H,10-13,15-16H2,1-3H3,(H,27,30). The zero-order valence-corrected chi connectivity index (χ0v) is 19.2.